The average Bonchev–Trinajstić information content (AvgIpc) is 2.13. The lowest BCUT2D eigenvalue weighted by Gasteiger charge is -2.43. The molecule has 4 heteroatoms. The van der Waals surface area contributed by atoms with Crippen LogP contribution >= 0.6 is 0 Å². The van der Waals surface area contributed by atoms with E-state index in [4.69, 9.17) is 10.5 Å². The summed E-state index contributed by atoms with van der Waals surface area (Å²) >= 11 is 0. The number of halogens is 1. The Morgan fingerprint density at radius 2 is 2.18 bits per heavy atom. The molecule has 0 amide bonds. The van der Waals surface area contributed by atoms with Gasteiger partial charge in [-0.05, 0) is 39.0 Å². The highest BCUT2D eigenvalue weighted by molar-refractivity contribution is 5.67. The van der Waals surface area contributed by atoms with E-state index in [9.17, 15) is 4.39 Å². The highest BCUT2D eigenvalue weighted by atomic mass is 19.1. The van der Waals surface area contributed by atoms with Gasteiger partial charge in [0.25, 0.3) is 0 Å². The summed E-state index contributed by atoms with van der Waals surface area (Å²) in [5.74, 6) is -0.299. The van der Waals surface area contributed by atoms with Crippen LogP contribution in [0.5, 0.6) is 0 Å². The van der Waals surface area contributed by atoms with Gasteiger partial charge < -0.3 is 15.4 Å². The van der Waals surface area contributed by atoms with Gasteiger partial charge in [-0.1, -0.05) is 0 Å². The van der Waals surface area contributed by atoms with Crippen LogP contribution in [0.25, 0.3) is 0 Å². The van der Waals surface area contributed by atoms with Crippen LogP contribution in [0.1, 0.15) is 20.8 Å². The molecule has 2 rings (SSSR count). The van der Waals surface area contributed by atoms with Gasteiger partial charge in [0.2, 0.25) is 0 Å². The summed E-state index contributed by atoms with van der Waals surface area (Å²) in [6.45, 7) is 7.67. The largest absolute Gasteiger partial charge is 0.397 e. The first kappa shape index (κ1) is 12.2. The van der Waals surface area contributed by atoms with Crippen LogP contribution in [0, 0.1) is 5.82 Å². The van der Waals surface area contributed by atoms with E-state index in [0.29, 0.717) is 5.69 Å². The topological polar surface area (TPSA) is 38.5 Å². The first-order valence-corrected chi connectivity index (χ1v) is 5.85. The monoisotopic (exact) mass is 238 g/mol. The second-order valence-corrected chi connectivity index (χ2v) is 5.27. The number of ether oxygens (including phenoxy) is 1. The van der Waals surface area contributed by atoms with Crippen LogP contribution in [0.2, 0.25) is 0 Å². The Bertz CT molecular complexity index is 420. The molecule has 1 heterocycles. The Balaban J connectivity index is 2.27. The smallest absolute Gasteiger partial charge is 0.125 e. The number of anilines is 2. The molecule has 1 aliphatic heterocycles. The molecule has 0 saturated carbocycles. The number of morpholine rings is 1. The first-order chi connectivity index (χ1) is 7.87. The van der Waals surface area contributed by atoms with Gasteiger partial charge in [0.15, 0.2) is 0 Å². The zero-order chi connectivity index (χ0) is 12.6. The number of nitrogen functional groups attached to an aromatic ring is 1. The summed E-state index contributed by atoms with van der Waals surface area (Å²) in [5, 5.41) is 0. The molecule has 1 aromatic rings. The normalized spacial score (nSPS) is 23.8. The maximum atomic E-state index is 13.0. The Hall–Kier alpha value is -1.29. The van der Waals surface area contributed by atoms with Crippen molar-refractivity contribution in [3.05, 3.63) is 24.0 Å². The predicted molar refractivity (Wildman–Crippen MR) is 67.7 cm³/mol. The van der Waals surface area contributed by atoms with Crippen molar-refractivity contribution in [3.63, 3.8) is 0 Å². The third kappa shape index (κ3) is 2.69. The van der Waals surface area contributed by atoms with Crippen molar-refractivity contribution in [1.29, 1.82) is 0 Å². The standard InChI is InChI=1S/C13H19FN2O/c1-9-7-16(8-13(2,3)17-9)12-5-4-10(14)6-11(12)15/h4-6,9H,7-8,15H2,1-3H3. The van der Waals surface area contributed by atoms with Crippen LogP contribution in [0.15, 0.2) is 18.2 Å². The molecule has 1 saturated heterocycles. The van der Waals surface area contributed by atoms with Crippen LogP contribution in [0.3, 0.4) is 0 Å². The zero-order valence-corrected chi connectivity index (χ0v) is 10.5. The molecule has 1 unspecified atom stereocenters. The molecule has 2 N–H and O–H groups in total. The van der Waals surface area contributed by atoms with Crippen molar-refractivity contribution in [2.24, 2.45) is 0 Å². The van der Waals surface area contributed by atoms with E-state index >= 15 is 0 Å². The van der Waals surface area contributed by atoms with Crippen molar-refractivity contribution < 1.29 is 9.13 Å². The van der Waals surface area contributed by atoms with Crippen molar-refractivity contribution in [1.82, 2.24) is 0 Å². The van der Waals surface area contributed by atoms with Crippen LogP contribution in [0.4, 0.5) is 15.8 Å². The molecule has 0 aromatic heterocycles. The molecule has 1 atom stereocenters. The quantitative estimate of drug-likeness (QED) is 0.764. The third-order valence-corrected chi connectivity index (χ3v) is 2.90. The molecule has 3 nitrogen and oxygen atoms in total. The molecule has 17 heavy (non-hydrogen) atoms. The number of hydrogen-bond donors (Lipinski definition) is 1. The van der Waals surface area contributed by atoms with Crippen molar-refractivity contribution >= 4 is 11.4 Å². The minimum atomic E-state index is -0.299. The van der Waals surface area contributed by atoms with Gasteiger partial charge in [0.1, 0.15) is 5.82 Å². The zero-order valence-electron chi connectivity index (χ0n) is 10.5. The lowest BCUT2D eigenvalue weighted by molar-refractivity contribution is -0.0749. The molecule has 1 fully saturated rings. The summed E-state index contributed by atoms with van der Waals surface area (Å²) in [5.41, 5.74) is 7.02. The average molecular weight is 238 g/mol. The maximum Gasteiger partial charge on any atom is 0.125 e. The van der Waals surface area contributed by atoms with Crippen molar-refractivity contribution in [2.75, 3.05) is 23.7 Å². The number of nitrogens with zero attached hydrogens (tertiary/aromatic N) is 1. The number of benzene rings is 1. The lowest BCUT2D eigenvalue weighted by atomic mass is 10.0. The van der Waals surface area contributed by atoms with Gasteiger partial charge in [-0.2, -0.15) is 0 Å². The Labute approximate surface area is 101 Å². The lowest BCUT2D eigenvalue weighted by Crippen LogP contribution is -2.52. The Morgan fingerprint density at radius 3 is 2.76 bits per heavy atom. The van der Waals surface area contributed by atoms with Gasteiger partial charge in [0.05, 0.1) is 23.1 Å². The molecular weight excluding hydrogens is 219 g/mol. The predicted octanol–water partition coefficient (Wildman–Crippen LogP) is 2.41. The summed E-state index contributed by atoms with van der Waals surface area (Å²) < 4.78 is 18.9. The van der Waals surface area contributed by atoms with Gasteiger partial charge in [-0.25, -0.2) is 4.39 Å². The molecule has 1 aliphatic rings. The summed E-state index contributed by atoms with van der Waals surface area (Å²) in [7, 11) is 0. The highest BCUT2D eigenvalue weighted by Gasteiger charge is 2.32. The second kappa shape index (κ2) is 4.18. The Kier molecular flexibility index (Phi) is 3.00. The minimum Gasteiger partial charge on any atom is -0.397 e. The van der Waals surface area contributed by atoms with Gasteiger partial charge in [-0.15, -0.1) is 0 Å². The summed E-state index contributed by atoms with van der Waals surface area (Å²) in [6.07, 6.45) is 0.142. The number of rotatable bonds is 1. The Morgan fingerprint density at radius 1 is 1.47 bits per heavy atom. The molecule has 0 spiro atoms. The fraction of sp³-hybridized carbons (Fsp3) is 0.538. The fourth-order valence-electron chi connectivity index (χ4n) is 2.45. The van der Waals surface area contributed by atoms with E-state index in [2.05, 4.69) is 18.7 Å². The van der Waals surface area contributed by atoms with Crippen LogP contribution in [-0.2, 0) is 4.74 Å². The molecule has 94 valence electrons. The van der Waals surface area contributed by atoms with E-state index in [1.165, 1.54) is 12.1 Å². The van der Waals surface area contributed by atoms with Crippen molar-refractivity contribution in [3.8, 4) is 0 Å². The van der Waals surface area contributed by atoms with Gasteiger partial charge in [0, 0.05) is 13.1 Å². The molecular formula is C13H19FN2O. The SMILES string of the molecule is CC1CN(c2ccc(F)cc2N)CC(C)(C)O1. The van der Waals surface area contributed by atoms with Crippen molar-refractivity contribution in [2.45, 2.75) is 32.5 Å². The second-order valence-electron chi connectivity index (χ2n) is 5.27. The van der Waals surface area contributed by atoms with E-state index in [1.54, 1.807) is 6.07 Å². The number of nitrogens with two attached hydrogens (primary N) is 1. The van der Waals surface area contributed by atoms with Gasteiger partial charge >= 0.3 is 0 Å². The molecule has 0 radical (unpaired) electrons. The van der Waals surface area contributed by atoms with E-state index < -0.39 is 0 Å². The van der Waals surface area contributed by atoms with Crippen LogP contribution in [-0.4, -0.2) is 24.8 Å². The summed E-state index contributed by atoms with van der Waals surface area (Å²) in [4.78, 5) is 2.16. The number of hydrogen-bond acceptors (Lipinski definition) is 3. The van der Waals surface area contributed by atoms with Gasteiger partial charge in [-0.3, -0.25) is 0 Å². The maximum absolute atomic E-state index is 13.0. The van der Waals surface area contributed by atoms with E-state index in [-0.39, 0.29) is 17.5 Å². The molecule has 1 aromatic carbocycles. The van der Waals surface area contributed by atoms with Crippen LogP contribution < -0.4 is 10.6 Å². The highest BCUT2D eigenvalue weighted by Crippen LogP contribution is 2.30. The third-order valence-electron chi connectivity index (χ3n) is 2.90. The fourth-order valence-corrected chi connectivity index (χ4v) is 2.45. The van der Waals surface area contributed by atoms with E-state index in [0.717, 1.165) is 18.8 Å². The minimum absolute atomic E-state index is 0.142. The first-order valence-electron chi connectivity index (χ1n) is 5.85. The molecule has 0 bridgehead atoms. The molecule has 0 aliphatic carbocycles. The van der Waals surface area contributed by atoms with E-state index in [1.807, 2.05) is 6.92 Å². The summed E-state index contributed by atoms with van der Waals surface area (Å²) in [6, 6.07) is 4.54.